The van der Waals surface area contributed by atoms with Crippen LogP contribution in [0, 0.1) is 11.6 Å². The highest BCUT2D eigenvalue weighted by Gasteiger charge is 2.04. The Bertz CT molecular complexity index is 568. The van der Waals surface area contributed by atoms with Gasteiger partial charge in [-0.15, -0.1) is 0 Å². The molecule has 0 aliphatic carbocycles. The van der Waals surface area contributed by atoms with E-state index in [4.69, 9.17) is 0 Å². The van der Waals surface area contributed by atoms with Gasteiger partial charge in [0.25, 0.3) is 0 Å². The lowest BCUT2D eigenvalue weighted by atomic mass is 10.0. The highest BCUT2D eigenvalue weighted by molar-refractivity contribution is 5.75. The van der Waals surface area contributed by atoms with Gasteiger partial charge in [0.05, 0.1) is 0 Å². The van der Waals surface area contributed by atoms with Gasteiger partial charge >= 0.3 is 0 Å². The zero-order valence-corrected chi connectivity index (χ0v) is 10.6. The highest BCUT2D eigenvalue weighted by Crippen LogP contribution is 2.22. The second-order valence-corrected chi connectivity index (χ2v) is 4.56. The maximum atomic E-state index is 13.1. The molecule has 2 rings (SSSR count). The molecule has 0 saturated heterocycles. The third-order valence-electron chi connectivity index (χ3n) is 2.92. The Kier molecular flexibility index (Phi) is 4.05. The highest BCUT2D eigenvalue weighted by atomic mass is 19.1. The van der Waals surface area contributed by atoms with Gasteiger partial charge in [0, 0.05) is 12.5 Å². The van der Waals surface area contributed by atoms with E-state index in [-0.39, 0.29) is 5.78 Å². The van der Waals surface area contributed by atoms with Crippen LogP contribution in [-0.2, 0) is 11.2 Å². The van der Waals surface area contributed by atoms with Crippen LogP contribution in [0.25, 0.3) is 11.1 Å². The van der Waals surface area contributed by atoms with Gasteiger partial charge in [0.1, 0.15) is 17.4 Å². The van der Waals surface area contributed by atoms with Crippen molar-refractivity contribution in [3.05, 3.63) is 59.7 Å². The van der Waals surface area contributed by atoms with Crippen LogP contribution in [0.5, 0.6) is 0 Å². The fourth-order valence-electron chi connectivity index (χ4n) is 1.90. The third kappa shape index (κ3) is 3.71. The molecule has 0 bridgehead atoms. The fourth-order valence-corrected chi connectivity index (χ4v) is 1.90. The Morgan fingerprint density at radius 3 is 2.05 bits per heavy atom. The van der Waals surface area contributed by atoms with Gasteiger partial charge in [-0.25, -0.2) is 8.78 Å². The maximum Gasteiger partial charge on any atom is 0.130 e. The van der Waals surface area contributed by atoms with Crippen LogP contribution in [0.1, 0.15) is 18.9 Å². The molecule has 0 N–H and O–H groups in total. The molecule has 0 unspecified atom stereocenters. The molecule has 3 heteroatoms. The Hall–Kier alpha value is -2.03. The molecule has 2 aromatic rings. The van der Waals surface area contributed by atoms with E-state index in [1.54, 1.807) is 6.92 Å². The van der Waals surface area contributed by atoms with Crippen LogP contribution in [0.3, 0.4) is 0 Å². The Labute approximate surface area is 110 Å². The van der Waals surface area contributed by atoms with Gasteiger partial charge < -0.3 is 4.79 Å². The predicted molar refractivity (Wildman–Crippen MR) is 70.8 cm³/mol. The van der Waals surface area contributed by atoms with E-state index in [0.717, 1.165) is 17.2 Å². The first kappa shape index (κ1) is 13.4. The standard InChI is InChI=1S/C16H14F2O/c1-11(19)2-3-12-4-6-13(7-5-12)14-8-15(17)10-16(18)9-14/h4-10H,2-3H2,1H3. The monoisotopic (exact) mass is 260 g/mol. The van der Waals surface area contributed by atoms with E-state index >= 15 is 0 Å². The minimum absolute atomic E-state index is 0.149. The molecule has 0 aromatic heterocycles. The number of benzene rings is 2. The van der Waals surface area contributed by atoms with Crippen LogP contribution >= 0.6 is 0 Å². The first-order valence-corrected chi connectivity index (χ1v) is 6.09. The number of rotatable bonds is 4. The van der Waals surface area contributed by atoms with Gasteiger partial charge in [0.15, 0.2) is 0 Å². The van der Waals surface area contributed by atoms with Crippen molar-refractivity contribution in [1.82, 2.24) is 0 Å². The average Bonchev–Trinajstić information content (AvgIpc) is 2.36. The molecule has 0 aliphatic heterocycles. The zero-order valence-electron chi connectivity index (χ0n) is 10.6. The van der Waals surface area contributed by atoms with Crippen molar-refractivity contribution in [2.75, 3.05) is 0 Å². The normalized spacial score (nSPS) is 10.5. The Balaban J connectivity index is 2.19. The van der Waals surface area contributed by atoms with E-state index in [9.17, 15) is 13.6 Å². The number of halogens is 2. The quantitative estimate of drug-likeness (QED) is 0.807. The lowest BCUT2D eigenvalue weighted by molar-refractivity contribution is -0.116. The first-order chi connectivity index (χ1) is 9.04. The van der Waals surface area contributed by atoms with E-state index < -0.39 is 11.6 Å². The molecule has 0 fully saturated rings. The molecule has 0 spiro atoms. The van der Waals surface area contributed by atoms with Gasteiger partial charge in [-0.2, -0.15) is 0 Å². The lowest BCUT2D eigenvalue weighted by Gasteiger charge is -2.04. The van der Waals surface area contributed by atoms with E-state index in [1.807, 2.05) is 24.3 Å². The number of carbonyl (C=O) groups is 1. The molecule has 0 atom stereocenters. The Morgan fingerprint density at radius 1 is 0.947 bits per heavy atom. The summed E-state index contributed by atoms with van der Waals surface area (Å²) < 4.78 is 26.3. The van der Waals surface area contributed by atoms with Crippen LogP contribution in [0.2, 0.25) is 0 Å². The van der Waals surface area contributed by atoms with Crippen molar-refractivity contribution in [2.45, 2.75) is 19.8 Å². The van der Waals surface area contributed by atoms with Crippen molar-refractivity contribution in [1.29, 1.82) is 0 Å². The van der Waals surface area contributed by atoms with Crippen molar-refractivity contribution >= 4 is 5.78 Å². The van der Waals surface area contributed by atoms with Crippen molar-refractivity contribution in [2.24, 2.45) is 0 Å². The van der Waals surface area contributed by atoms with Crippen LogP contribution in [-0.4, -0.2) is 5.78 Å². The molecule has 1 nitrogen and oxygen atoms in total. The number of hydrogen-bond acceptors (Lipinski definition) is 1. The second-order valence-electron chi connectivity index (χ2n) is 4.56. The fraction of sp³-hybridized carbons (Fsp3) is 0.188. The molecule has 0 amide bonds. The number of aryl methyl sites for hydroxylation is 1. The average molecular weight is 260 g/mol. The van der Waals surface area contributed by atoms with Crippen molar-refractivity contribution in [3.63, 3.8) is 0 Å². The summed E-state index contributed by atoms with van der Waals surface area (Å²) in [7, 11) is 0. The van der Waals surface area contributed by atoms with Crippen molar-refractivity contribution in [3.8, 4) is 11.1 Å². The van der Waals surface area contributed by atoms with E-state index in [2.05, 4.69) is 0 Å². The molecular weight excluding hydrogens is 246 g/mol. The molecule has 2 aromatic carbocycles. The number of ketones is 1. The minimum atomic E-state index is -0.587. The molecule has 98 valence electrons. The van der Waals surface area contributed by atoms with Crippen LogP contribution < -0.4 is 0 Å². The summed E-state index contributed by atoms with van der Waals surface area (Å²) >= 11 is 0. The third-order valence-corrected chi connectivity index (χ3v) is 2.92. The summed E-state index contributed by atoms with van der Waals surface area (Å²) in [6.45, 7) is 1.56. The number of carbonyl (C=O) groups excluding carboxylic acids is 1. The van der Waals surface area contributed by atoms with Crippen LogP contribution in [0.15, 0.2) is 42.5 Å². The number of Topliss-reactive ketones (excluding diaryl/α,β-unsaturated/α-hetero) is 1. The van der Waals surface area contributed by atoms with Gasteiger partial charge in [-0.3, -0.25) is 0 Å². The summed E-state index contributed by atoms with van der Waals surface area (Å²) in [5, 5.41) is 0. The van der Waals surface area contributed by atoms with E-state index in [1.165, 1.54) is 12.1 Å². The minimum Gasteiger partial charge on any atom is -0.300 e. The smallest absolute Gasteiger partial charge is 0.130 e. The molecule has 0 heterocycles. The van der Waals surface area contributed by atoms with Crippen LogP contribution in [0.4, 0.5) is 8.78 Å². The molecular formula is C16H14F2O. The summed E-state index contributed by atoms with van der Waals surface area (Å²) in [6, 6.07) is 10.8. The summed E-state index contributed by atoms with van der Waals surface area (Å²) in [6.07, 6.45) is 1.20. The zero-order chi connectivity index (χ0) is 13.8. The predicted octanol–water partition coefficient (Wildman–Crippen LogP) is 4.15. The van der Waals surface area contributed by atoms with Gasteiger partial charge in [0.2, 0.25) is 0 Å². The lowest BCUT2D eigenvalue weighted by Crippen LogP contribution is -1.93. The molecule has 0 aliphatic rings. The Morgan fingerprint density at radius 2 is 1.53 bits per heavy atom. The van der Waals surface area contributed by atoms with E-state index in [0.29, 0.717) is 18.4 Å². The second kappa shape index (κ2) is 5.74. The summed E-state index contributed by atoms with van der Waals surface area (Å²) in [4.78, 5) is 10.9. The number of hydrogen-bond donors (Lipinski definition) is 0. The van der Waals surface area contributed by atoms with Gasteiger partial charge in [-0.1, -0.05) is 24.3 Å². The van der Waals surface area contributed by atoms with Crippen molar-refractivity contribution < 1.29 is 13.6 Å². The summed E-state index contributed by atoms with van der Waals surface area (Å²) in [5.74, 6) is -1.03. The molecule has 0 radical (unpaired) electrons. The summed E-state index contributed by atoms with van der Waals surface area (Å²) in [5.41, 5.74) is 2.30. The SMILES string of the molecule is CC(=O)CCc1ccc(-c2cc(F)cc(F)c2)cc1. The molecule has 0 saturated carbocycles. The largest absolute Gasteiger partial charge is 0.300 e. The topological polar surface area (TPSA) is 17.1 Å². The maximum absolute atomic E-state index is 13.1. The first-order valence-electron chi connectivity index (χ1n) is 6.09. The molecule has 19 heavy (non-hydrogen) atoms. The van der Waals surface area contributed by atoms with Gasteiger partial charge in [-0.05, 0) is 42.2 Å².